The highest BCUT2D eigenvalue weighted by Crippen LogP contribution is 2.41. The molecule has 80 valence electrons. The zero-order valence-electron chi connectivity index (χ0n) is 5.94. The predicted octanol–water partition coefficient (Wildman–Crippen LogP) is 4.22. The summed E-state index contributed by atoms with van der Waals surface area (Å²) in [5.74, 6) is -4.21. The van der Waals surface area contributed by atoms with Crippen LogP contribution >= 0.6 is 27.5 Å². The van der Waals surface area contributed by atoms with Crippen LogP contribution in [0.1, 0.15) is 12.8 Å². The van der Waals surface area contributed by atoms with Crippen LogP contribution in [0.4, 0.5) is 26.3 Å². The van der Waals surface area contributed by atoms with E-state index in [1.54, 1.807) is 15.9 Å². The molecule has 0 nitrogen and oxygen atoms in total. The molecule has 0 heterocycles. The van der Waals surface area contributed by atoms with Crippen LogP contribution in [0.25, 0.3) is 0 Å². The molecule has 0 bridgehead atoms. The Morgan fingerprint density at radius 2 is 1.31 bits per heavy atom. The van der Waals surface area contributed by atoms with Gasteiger partial charge in [-0.15, -0.1) is 0 Å². The van der Waals surface area contributed by atoms with Gasteiger partial charge in [0, 0.05) is 0 Å². The molecule has 0 aliphatic rings. The summed E-state index contributed by atoms with van der Waals surface area (Å²) in [5.41, 5.74) is 0. The monoisotopic (exact) mass is 292 g/mol. The summed E-state index contributed by atoms with van der Waals surface area (Å²) in [4.78, 5) is -3.88. The number of hydrogen-bond acceptors (Lipinski definition) is 0. The first-order valence-corrected chi connectivity index (χ1v) is 4.10. The average molecular weight is 293 g/mol. The second-order valence-electron chi connectivity index (χ2n) is 2.44. The van der Waals surface area contributed by atoms with Crippen molar-refractivity contribution in [2.75, 3.05) is 0 Å². The zero-order valence-corrected chi connectivity index (χ0v) is 8.28. The van der Waals surface area contributed by atoms with Crippen molar-refractivity contribution >= 4 is 27.5 Å². The molecule has 0 aromatic rings. The molecule has 0 aliphatic carbocycles. The Morgan fingerprint density at radius 1 is 0.923 bits per heavy atom. The van der Waals surface area contributed by atoms with E-state index in [1.807, 2.05) is 0 Å². The first-order valence-electron chi connectivity index (χ1n) is 2.93. The molecular formula is C5H4BrClF6. The summed E-state index contributed by atoms with van der Waals surface area (Å²) >= 11 is 5.79. The van der Waals surface area contributed by atoms with E-state index in [9.17, 15) is 26.3 Å². The molecule has 0 radical (unpaired) electrons. The van der Waals surface area contributed by atoms with Gasteiger partial charge in [-0.1, -0.05) is 0 Å². The number of halogens is 8. The van der Waals surface area contributed by atoms with Gasteiger partial charge in [0.15, 0.2) is 0 Å². The average Bonchev–Trinajstić information content (AvgIpc) is 1.43. The summed E-state index contributed by atoms with van der Waals surface area (Å²) in [6.07, 6.45) is -4.12. The van der Waals surface area contributed by atoms with E-state index in [1.165, 1.54) is 0 Å². The van der Waals surface area contributed by atoms with Crippen molar-refractivity contribution < 1.29 is 26.3 Å². The molecule has 0 saturated heterocycles. The van der Waals surface area contributed by atoms with Crippen molar-refractivity contribution in [3.05, 3.63) is 0 Å². The Hall–Kier alpha value is 0.350. The fourth-order valence-corrected chi connectivity index (χ4v) is 1.25. The smallest absolute Gasteiger partial charge is 0.206 e. The fraction of sp³-hybridized carbons (Fsp3) is 1.00. The molecule has 0 aliphatic heterocycles. The van der Waals surface area contributed by atoms with Crippen molar-refractivity contribution in [2.45, 2.75) is 29.0 Å². The summed E-state index contributed by atoms with van der Waals surface area (Å²) in [5, 5.41) is -4.18. The Morgan fingerprint density at radius 3 is 1.54 bits per heavy atom. The van der Waals surface area contributed by atoms with Gasteiger partial charge in [-0.05, 0) is 27.5 Å². The highest BCUT2D eigenvalue weighted by molar-refractivity contribution is 9.10. The summed E-state index contributed by atoms with van der Waals surface area (Å²) in [7, 11) is 0. The number of alkyl halides is 8. The van der Waals surface area contributed by atoms with Crippen LogP contribution in [-0.4, -0.2) is 16.1 Å². The second kappa shape index (κ2) is 3.84. The first kappa shape index (κ1) is 13.4. The Labute approximate surface area is 83.4 Å². The van der Waals surface area contributed by atoms with Crippen molar-refractivity contribution in [2.24, 2.45) is 0 Å². The van der Waals surface area contributed by atoms with E-state index in [4.69, 9.17) is 0 Å². The minimum atomic E-state index is -4.21. The molecule has 0 aromatic heterocycles. The van der Waals surface area contributed by atoms with Crippen LogP contribution in [0.5, 0.6) is 0 Å². The van der Waals surface area contributed by atoms with E-state index in [0.717, 1.165) is 0 Å². The lowest BCUT2D eigenvalue weighted by atomic mass is 10.2. The summed E-state index contributed by atoms with van der Waals surface area (Å²) < 4.78 is 72.2. The number of rotatable bonds is 4. The van der Waals surface area contributed by atoms with E-state index >= 15 is 0 Å². The van der Waals surface area contributed by atoms with Crippen molar-refractivity contribution in [1.29, 1.82) is 0 Å². The van der Waals surface area contributed by atoms with E-state index in [0.29, 0.717) is 0 Å². The molecule has 0 saturated carbocycles. The second-order valence-corrected chi connectivity index (χ2v) is 4.15. The van der Waals surface area contributed by atoms with Gasteiger partial charge in [-0.25, -0.2) is 8.78 Å². The summed E-state index contributed by atoms with van der Waals surface area (Å²) in [6.45, 7) is 0. The maximum absolute atomic E-state index is 12.3. The van der Waals surface area contributed by atoms with Gasteiger partial charge < -0.3 is 0 Å². The Kier molecular flexibility index (Phi) is 3.95. The minimum Gasteiger partial charge on any atom is -0.206 e. The third-order valence-electron chi connectivity index (χ3n) is 0.918. The topological polar surface area (TPSA) is 0 Å². The fourth-order valence-electron chi connectivity index (χ4n) is 0.649. The van der Waals surface area contributed by atoms with Crippen LogP contribution in [0.15, 0.2) is 0 Å². The van der Waals surface area contributed by atoms with Crippen molar-refractivity contribution in [1.82, 2.24) is 0 Å². The normalized spacial score (nSPS) is 14.8. The summed E-state index contributed by atoms with van der Waals surface area (Å²) in [6, 6.07) is 0. The van der Waals surface area contributed by atoms with Gasteiger partial charge in [0.1, 0.15) is 0 Å². The lowest BCUT2D eigenvalue weighted by molar-refractivity contribution is -0.107. The quantitative estimate of drug-likeness (QED) is 0.538. The molecule has 8 heteroatoms. The van der Waals surface area contributed by atoms with Crippen molar-refractivity contribution in [3.8, 4) is 0 Å². The first-order chi connectivity index (χ1) is 5.41. The molecule has 0 fully saturated rings. The van der Waals surface area contributed by atoms with Crippen LogP contribution in [0.3, 0.4) is 0 Å². The predicted molar refractivity (Wildman–Crippen MR) is 38.9 cm³/mol. The van der Waals surface area contributed by atoms with Crippen molar-refractivity contribution in [3.63, 3.8) is 0 Å². The van der Waals surface area contributed by atoms with E-state index in [2.05, 4.69) is 11.6 Å². The lowest BCUT2D eigenvalue weighted by Gasteiger charge is -2.20. The van der Waals surface area contributed by atoms with Gasteiger partial charge in [0.25, 0.3) is 5.92 Å². The minimum absolute atomic E-state index is 1.62. The van der Waals surface area contributed by atoms with Crippen LogP contribution < -0.4 is 0 Å². The van der Waals surface area contributed by atoms with E-state index < -0.39 is 29.0 Å². The Bertz CT molecular complexity index is 153. The maximum Gasteiger partial charge on any atom is 0.327 e. The third-order valence-corrected chi connectivity index (χ3v) is 1.33. The molecule has 0 N–H and O–H groups in total. The number of hydrogen-bond donors (Lipinski definition) is 0. The maximum atomic E-state index is 12.3. The van der Waals surface area contributed by atoms with Gasteiger partial charge >= 0.3 is 10.2 Å². The van der Waals surface area contributed by atoms with Crippen LogP contribution in [0, 0.1) is 0 Å². The van der Waals surface area contributed by atoms with Gasteiger partial charge in [-0.2, -0.15) is 17.6 Å². The molecule has 13 heavy (non-hydrogen) atoms. The molecule has 0 amide bonds. The molecule has 0 spiro atoms. The van der Waals surface area contributed by atoms with Crippen LogP contribution in [0.2, 0.25) is 0 Å². The van der Waals surface area contributed by atoms with Gasteiger partial charge in [0.2, 0.25) is 0 Å². The van der Waals surface area contributed by atoms with Gasteiger partial charge in [-0.3, -0.25) is 0 Å². The SMILES string of the molecule is FC(F)(Cl)CC(F)(F)CC(F)(F)Br. The molecule has 0 aromatic carbocycles. The molecule has 0 atom stereocenters. The standard InChI is InChI=1S/C5H4BrClF6/c6-4(10,11)1-3(8,9)2-5(7,12)13/h1-2H2. The third kappa shape index (κ3) is 8.67. The largest absolute Gasteiger partial charge is 0.327 e. The molecule has 0 unspecified atom stereocenters. The highest BCUT2D eigenvalue weighted by Gasteiger charge is 2.47. The molecular weight excluding hydrogens is 289 g/mol. The lowest BCUT2D eigenvalue weighted by Crippen LogP contribution is -2.30. The van der Waals surface area contributed by atoms with Crippen LogP contribution in [-0.2, 0) is 0 Å². The van der Waals surface area contributed by atoms with E-state index in [-0.39, 0.29) is 0 Å². The molecule has 0 rings (SSSR count). The zero-order chi connectivity index (χ0) is 10.9. The van der Waals surface area contributed by atoms with Gasteiger partial charge in [0.05, 0.1) is 12.8 Å². The highest BCUT2D eigenvalue weighted by atomic mass is 79.9. The Balaban J connectivity index is 4.25.